The van der Waals surface area contributed by atoms with Crippen LogP contribution in [0.25, 0.3) is 0 Å². The number of hydrogen-bond donors (Lipinski definition) is 0. The fourth-order valence-corrected chi connectivity index (χ4v) is 1.61. The van der Waals surface area contributed by atoms with E-state index in [1.165, 1.54) is 38.2 Å². The van der Waals surface area contributed by atoms with Crippen LogP contribution in [0.15, 0.2) is 12.7 Å². The number of carboxylic acids is 1. The van der Waals surface area contributed by atoms with Crippen molar-refractivity contribution in [2.45, 2.75) is 43.9 Å². The van der Waals surface area contributed by atoms with Gasteiger partial charge in [-0.15, -0.1) is 9.24 Å². The van der Waals surface area contributed by atoms with E-state index in [4.69, 9.17) is 9.90 Å². The van der Waals surface area contributed by atoms with Crippen molar-refractivity contribution in [1.82, 2.24) is 0 Å². The largest absolute Gasteiger partial charge is 2.00 e. The van der Waals surface area contributed by atoms with Crippen molar-refractivity contribution in [1.29, 1.82) is 0 Å². The first-order valence-corrected chi connectivity index (χ1v) is 5.86. The summed E-state index contributed by atoms with van der Waals surface area (Å²) in [5, 5.41) is 8.78. The molecule has 0 spiro atoms. The third-order valence-electron chi connectivity index (χ3n) is 1.88. The van der Waals surface area contributed by atoms with Gasteiger partial charge in [-0.05, 0) is 18.5 Å². The third kappa shape index (κ3) is 18.3. The van der Waals surface area contributed by atoms with Crippen molar-refractivity contribution in [3.8, 4) is 0 Å². The molecule has 0 radical (unpaired) electrons. The van der Waals surface area contributed by atoms with Crippen LogP contribution in [0.1, 0.15) is 32.1 Å². The second-order valence-corrected chi connectivity index (χ2v) is 4.41. The van der Waals surface area contributed by atoms with Crippen molar-refractivity contribution in [3.05, 3.63) is 19.6 Å². The Bertz CT molecular complexity index is 217. The quantitative estimate of drug-likeness (QED) is 0.370. The average molecular weight is 377 g/mol. The van der Waals surface area contributed by atoms with Gasteiger partial charge in [0, 0.05) is 0 Å². The normalized spacial score (nSPS) is 14.9. The maximum atomic E-state index is 10.5. The minimum Gasteiger partial charge on any atom is -0.542 e. The summed E-state index contributed by atoms with van der Waals surface area (Å²) in [7, 11) is 2.91. The van der Waals surface area contributed by atoms with Crippen LogP contribution < -0.4 is 5.11 Å². The van der Waals surface area contributed by atoms with Crippen LogP contribution in [-0.2, 0) is 25.2 Å². The number of halogens is 3. The number of hydrogen-bond acceptors (Lipinski definition) is 2. The van der Waals surface area contributed by atoms with Crippen LogP contribution in [0, 0.1) is 6.92 Å². The maximum absolute atomic E-state index is 10.5. The molecule has 1 aliphatic rings. The van der Waals surface area contributed by atoms with Gasteiger partial charge in [0.25, 0.3) is 0 Å². The molecule has 1 saturated carbocycles. The fourth-order valence-electron chi connectivity index (χ4n) is 1.13. The van der Waals surface area contributed by atoms with E-state index in [1.54, 1.807) is 0 Å². The molecule has 0 heterocycles. The SMILES string of the molecule is C=C[CH2-].O=C([O-])C(F)(F)F.PC1CCCCC1.[Pd+2]. The molecule has 0 saturated heterocycles. The Balaban J connectivity index is -0.000000197. The molecule has 0 aromatic carbocycles. The molecule has 1 aliphatic carbocycles. The summed E-state index contributed by atoms with van der Waals surface area (Å²) in [6, 6.07) is 0. The third-order valence-corrected chi connectivity index (χ3v) is 2.55. The zero-order chi connectivity index (χ0) is 13.9. The molecule has 7 heteroatoms. The van der Waals surface area contributed by atoms with Crippen molar-refractivity contribution in [3.63, 3.8) is 0 Å². The summed E-state index contributed by atoms with van der Waals surface area (Å²) in [6.45, 7) is 6.50. The molecule has 1 atom stereocenters. The first kappa shape index (κ1) is 23.1. The van der Waals surface area contributed by atoms with Crippen LogP contribution in [0.5, 0.6) is 0 Å². The van der Waals surface area contributed by atoms with Crippen LogP contribution in [0.4, 0.5) is 13.2 Å². The molecule has 0 aliphatic heterocycles. The van der Waals surface area contributed by atoms with Crippen molar-refractivity contribution in [2.75, 3.05) is 0 Å². The Morgan fingerprint density at radius 2 is 1.61 bits per heavy atom. The molecule has 1 unspecified atom stereocenters. The molecule has 110 valence electrons. The zero-order valence-electron chi connectivity index (χ0n) is 9.95. The van der Waals surface area contributed by atoms with Gasteiger partial charge in [0.15, 0.2) is 0 Å². The molecular weight excluding hydrogens is 359 g/mol. The second-order valence-electron chi connectivity index (χ2n) is 3.47. The minimum absolute atomic E-state index is 0. The Hall–Kier alpha value is -0.0377. The van der Waals surface area contributed by atoms with Gasteiger partial charge in [-0.3, -0.25) is 0 Å². The predicted molar refractivity (Wildman–Crippen MR) is 63.2 cm³/mol. The van der Waals surface area contributed by atoms with Crippen molar-refractivity contribution >= 4 is 15.2 Å². The summed E-state index contributed by atoms with van der Waals surface area (Å²) in [6.07, 6.45) is 3.61. The fraction of sp³-hybridized carbons (Fsp3) is 0.636. The van der Waals surface area contributed by atoms with Crippen molar-refractivity contribution in [2.24, 2.45) is 0 Å². The number of aliphatic carboxylic acids is 1. The smallest absolute Gasteiger partial charge is 0.542 e. The summed E-state index contributed by atoms with van der Waals surface area (Å²) >= 11 is 0. The molecule has 0 aromatic rings. The van der Waals surface area contributed by atoms with Crippen molar-refractivity contribution < 1.29 is 43.5 Å². The average Bonchev–Trinajstić information content (AvgIpc) is 2.19. The summed E-state index contributed by atoms with van der Waals surface area (Å²) < 4.78 is 31.5. The minimum atomic E-state index is -5.19. The van der Waals surface area contributed by atoms with E-state index in [9.17, 15) is 13.2 Å². The molecule has 0 aromatic heterocycles. The van der Waals surface area contributed by atoms with Crippen LogP contribution in [0.2, 0.25) is 0 Å². The van der Waals surface area contributed by atoms with Gasteiger partial charge in [-0.2, -0.15) is 13.2 Å². The molecular formula is C11H18F3O2PPd. The summed E-state index contributed by atoms with van der Waals surface area (Å²) in [5.74, 6) is -3.01. The standard InChI is InChI=1S/C6H13P.C3H5.C2HF3O2.Pd/c7-6-4-2-1-3-5-6;1-3-2;3-2(4,5)1(6)7;/h6H,1-5,7H2;3H,1-2H2;(H,6,7);/q;-1;;+2/p-1. The number of carboxylic acid groups (broad SMARTS) is 1. The summed E-state index contributed by atoms with van der Waals surface area (Å²) in [4.78, 5) is 8.78. The molecule has 1 fully saturated rings. The maximum Gasteiger partial charge on any atom is 2.00 e. The van der Waals surface area contributed by atoms with Gasteiger partial charge in [0.05, 0.1) is 0 Å². The first-order valence-electron chi connectivity index (χ1n) is 5.19. The monoisotopic (exact) mass is 376 g/mol. The number of carbonyl (C=O) groups is 1. The molecule has 0 amide bonds. The van der Waals surface area contributed by atoms with Gasteiger partial charge in [0.1, 0.15) is 5.97 Å². The van der Waals surface area contributed by atoms with E-state index in [0.717, 1.165) is 5.66 Å². The second kappa shape index (κ2) is 13.4. The Kier molecular flexibility index (Phi) is 17.2. The van der Waals surface area contributed by atoms with Gasteiger partial charge < -0.3 is 9.90 Å². The number of allylic oxidation sites excluding steroid dienone is 1. The van der Waals surface area contributed by atoms with Gasteiger partial charge in [-0.1, -0.05) is 19.3 Å². The molecule has 0 N–H and O–H groups in total. The van der Waals surface area contributed by atoms with E-state index in [0.29, 0.717) is 0 Å². The van der Waals surface area contributed by atoms with E-state index >= 15 is 0 Å². The Morgan fingerprint density at radius 1 is 1.33 bits per heavy atom. The Morgan fingerprint density at radius 3 is 1.72 bits per heavy atom. The van der Waals surface area contributed by atoms with Crippen LogP contribution >= 0.6 is 9.24 Å². The predicted octanol–water partition coefficient (Wildman–Crippen LogP) is 2.50. The molecule has 1 rings (SSSR count). The number of carbonyl (C=O) groups excluding carboxylic acids is 1. The number of rotatable bonds is 0. The van der Waals surface area contributed by atoms with Gasteiger partial charge >= 0.3 is 26.6 Å². The van der Waals surface area contributed by atoms with E-state index in [-0.39, 0.29) is 20.4 Å². The van der Waals surface area contributed by atoms with Gasteiger partial charge in [0.2, 0.25) is 0 Å². The van der Waals surface area contributed by atoms with E-state index in [1.807, 2.05) is 0 Å². The molecule has 0 bridgehead atoms. The van der Waals surface area contributed by atoms with Crippen LogP contribution in [0.3, 0.4) is 0 Å². The molecule has 18 heavy (non-hydrogen) atoms. The zero-order valence-corrected chi connectivity index (χ0v) is 12.7. The topological polar surface area (TPSA) is 40.1 Å². The Labute approximate surface area is 122 Å². The summed E-state index contributed by atoms with van der Waals surface area (Å²) in [5.41, 5.74) is 0.953. The van der Waals surface area contributed by atoms with E-state index in [2.05, 4.69) is 22.7 Å². The van der Waals surface area contributed by atoms with Crippen LogP contribution in [-0.4, -0.2) is 17.8 Å². The first-order chi connectivity index (χ1) is 7.75. The molecule has 2 nitrogen and oxygen atoms in total. The van der Waals surface area contributed by atoms with Gasteiger partial charge in [-0.25, -0.2) is 19.6 Å². The van der Waals surface area contributed by atoms with E-state index < -0.39 is 12.1 Å². The number of alkyl halides is 3.